The zero-order valence-electron chi connectivity index (χ0n) is 11.6. The largest absolute Gasteiger partial charge is 0.508 e. The number of aromatic hydroxyl groups is 1. The third kappa shape index (κ3) is 3.14. The first-order valence-corrected chi connectivity index (χ1v) is 8.44. The fourth-order valence-corrected chi connectivity index (χ4v) is 4.26. The standard InChI is InChI=1S/C16H17NO2S2/c18-13-8-6-11(7-9-13)10-14-15(19)17(16(20)21-14)12-4-2-1-3-5-12/h6-10,12,18H,1-5H2. The van der Waals surface area contributed by atoms with Crippen LogP contribution < -0.4 is 0 Å². The van der Waals surface area contributed by atoms with Crippen molar-refractivity contribution in [1.29, 1.82) is 0 Å². The average molecular weight is 319 g/mol. The van der Waals surface area contributed by atoms with Gasteiger partial charge in [0.15, 0.2) is 0 Å². The van der Waals surface area contributed by atoms with Crippen molar-refractivity contribution in [3.63, 3.8) is 0 Å². The predicted molar refractivity (Wildman–Crippen MR) is 90.0 cm³/mol. The number of phenolic OH excluding ortho intramolecular Hbond substituents is 1. The van der Waals surface area contributed by atoms with Gasteiger partial charge >= 0.3 is 0 Å². The van der Waals surface area contributed by atoms with Crippen LogP contribution in [0.15, 0.2) is 29.2 Å². The number of amides is 1. The van der Waals surface area contributed by atoms with E-state index < -0.39 is 0 Å². The van der Waals surface area contributed by atoms with E-state index in [1.807, 2.05) is 11.0 Å². The van der Waals surface area contributed by atoms with E-state index in [0.717, 1.165) is 18.4 Å². The highest BCUT2D eigenvalue weighted by molar-refractivity contribution is 8.26. The highest BCUT2D eigenvalue weighted by atomic mass is 32.2. The van der Waals surface area contributed by atoms with Crippen molar-refractivity contribution in [2.24, 2.45) is 0 Å². The number of benzene rings is 1. The van der Waals surface area contributed by atoms with Crippen LogP contribution in [0, 0.1) is 0 Å². The zero-order chi connectivity index (χ0) is 14.8. The van der Waals surface area contributed by atoms with Gasteiger partial charge in [-0.1, -0.05) is 55.4 Å². The summed E-state index contributed by atoms with van der Waals surface area (Å²) in [6.45, 7) is 0. The summed E-state index contributed by atoms with van der Waals surface area (Å²) in [6, 6.07) is 7.10. The first-order valence-electron chi connectivity index (χ1n) is 7.21. The second-order valence-electron chi connectivity index (χ2n) is 5.44. The van der Waals surface area contributed by atoms with Gasteiger partial charge in [0.1, 0.15) is 10.1 Å². The molecule has 3 rings (SSSR count). The van der Waals surface area contributed by atoms with Crippen molar-refractivity contribution in [3.05, 3.63) is 34.7 Å². The molecule has 0 spiro atoms. The lowest BCUT2D eigenvalue weighted by Gasteiger charge is -2.29. The Balaban J connectivity index is 1.80. The van der Waals surface area contributed by atoms with Gasteiger partial charge in [0.25, 0.3) is 5.91 Å². The summed E-state index contributed by atoms with van der Waals surface area (Å²) in [5.41, 5.74) is 0.900. The summed E-state index contributed by atoms with van der Waals surface area (Å²) in [7, 11) is 0. The molecule has 0 atom stereocenters. The first kappa shape index (κ1) is 14.6. The van der Waals surface area contributed by atoms with Gasteiger partial charge in [-0.25, -0.2) is 0 Å². The average Bonchev–Trinajstić information content (AvgIpc) is 2.77. The Bertz CT molecular complexity index is 589. The number of carbonyl (C=O) groups is 1. The van der Waals surface area contributed by atoms with Gasteiger partial charge in [-0.05, 0) is 36.6 Å². The van der Waals surface area contributed by atoms with Gasteiger partial charge < -0.3 is 5.11 Å². The quantitative estimate of drug-likeness (QED) is 0.662. The molecule has 1 aromatic rings. The highest BCUT2D eigenvalue weighted by Crippen LogP contribution is 2.37. The summed E-state index contributed by atoms with van der Waals surface area (Å²) in [6.07, 6.45) is 7.57. The molecule has 1 saturated heterocycles. The minimum Gasteiger partial charge on any atom is -0.508 e. The highest BCUT2D eigenvalue weighted by Gasteiger charge is 2.37. The molecule has 1 aromatic carbocycles. The fourth-order valence-electron chi connectivity index (χ4n) is 2.86. The lowest BCUT2D eigenvalue weighted by Crippen LogP contribution is -2.39. The van der Waals surface area contributed by atoms with Crippen LogP contribution in [0.2, 0.25) is 0 Å². The molecule has 1 amide bonds. The van der Waals surface area contributed by atoms with Gasteiger partial charge in [0, 0.05) is 6.04 Å². The molecule has 1 saturated carbocycles. The van der Waals surface area contributed by atoms with Crippen LogP contribution in [-0.2, 0) is 4.79 Å². The van der Waals surface area contributed by atoms with Crippen molar-refractivity contribution < 1.29 is 9.90 Å². The molecular formula is C16H17NO2S2. The van der Waals surface area contributed by atoms with Crippen LogP contribution in [0.4, 0.5) is 0 Å². The number of thioether (sulfide) groups is 1. The fraction of sp³-hybridized carbons (Fsp3) is 0.375. The van der Waals surface area contributed by atoms with Crippen LogP contribution >= 0.6 is 24.0 Å². The lowest BCUT2D eigenvalue weighted by atomic mass is 9.94. The predicted octanol–water partition coefficient (Wildman–Crippen LogP) is 3.93. The van der Waals surface area contributed by atoms with Crippen LogP contribution in [0.1, 0.15) is 37.7 Å². The van der Waals surface area contributed by atoms with E-state index >= 15 is 0 Å². The molecule has 2 fully saturated rings. The van der Waals surface area contributed by atoms with Crippen molar-refractivity contribution in [1.82, 2.24) is 4.90 Å². The third-order valence-electron chi connectivity index (χ3n) is 3.95. The van der Waals surface area contributed by atoms with E-state index in [9.17, 15) is 9.90 Å². The maximum Gasteiger partial charge on any atom is 0.266 e. The summed E-state index contributed by atoms with van der Waals surface area (Å²) >= 11 is 6.78. The van der Waals surface area contributed by atoms with E-state index in [4.69, 9.17) is 12.2 Å². The number of carbonyl (C=O) groups excluding carboxylic acids is 1. The summed E-state index contributed by atoms with van der Waals surface area (Å²) in [4.78, 5) is 15.1. The summed E-state index contributed by atoms with van der Waals surface area (Å²) in [5.74, 6) is 0.256. The van der Waals surface area contributed by atoms with E-state index in [-0.39, 0.29) is 17.7 Å². The van der Waals surface area contributed by atoms with Gasteiger partial charge in [-0.3, -0.25) is 9.69 Å². The zero-order valence-corrected chi connectivity index (χ0v) is 13.3. The maximum absolute atomic E-state index is 12.6. The minimum atomic E-state index is 0.0324. The molecular weight excluding hydrogens is 302 g/mol. The molecule has 0 radical (unpaired) electrons. The van der Waals surface area contributed by atoms with E-state index in [2.05, 4.69) is 0 Å². The Kier molecular flexibility index (Phi) is 4.31. The first-order chi connectivity index (χ1) is 10.1. The number of hydrogen-bond donors (Lipinski definition) is 1. The SMILES string of the molecule is O=C1C(=Cc2ccc(O)cc2)SC(=S)N1C1CCCCC1. The molecule has 1 N–H and O–H groups in total. The van der Waals surface area contributed by atoms with Crippen LogP contribution in [0.25, 0.3) is 6.08 Å². The van der Waals surface area contributed by atoms with E-state index in [0.29, 0.717) is 9.23 Å². The monoisotopic (exact) mass is 319 g/mol. The van der Waals surface area contributed by atoms with Gasteiger partial charge in [-0.2, -0.15) is 0 Å². The van der Waals surface area contributed by atoms with Crippen molar-refractivity contribution >= 4 is 40.3 Å². The Morgan fingerprint density at radius 2 is 1.86 bits per heavy atom. The molecule has 1 heterocycles. The Morgan fingerprint density at radius 3 is 2.52 bits per heavy atom. The van der Waals surface area contributed by atoms with Crippen LogP contribution in [0.5, 0.6) is 5.75 Å². The van der Waals surface area contributed by atoms with Crippen LogP contribution in [-0.4, -0.2) is 26.3 Å². The second-order valence-corrected chi connectivity index (χ2v) is 7.11. The number of thiocarbonyl (C=S) groups is 1. The third-order valence-corrected chi connectivity index (χ3v) is 5.28. The molecule has 2 aliphatic rings. The molecule has 0 aromatic heterocycles. The number of hydrogen-bond acceptors (Lipinski definition) is 4. The minimum absolute atomic E-state index is 0.0324. The number of nitrogens with zero attached hydrogens (tertiary/aromatic N) is 1. The van der Waals surface area contributed by atoms with Gasteiger partial charge in [0.2, 0.25) is 0 Å². The van der Waals surface area contributed by atoms with Crippen molar-refractivity contribution in [3.8, 4) is 5.75 Å². The lowest BCUT2D eigenvalue weighted by molar-refractivity contribution is -0.124. The number of rotatable bonds is 2. The Labute approximate surface area is 134 Å². The maximum atomic E-state index is 12.6. The van der Waals surface area contributed by atoms with E-state index in [1.165, 1.54) is 31.0 Å². The van der Waals surface area contributed by atoms with Gasteiger partial charge in [-0.15, -0.1) is 0 Å². The summed E-state index contributed by atoms with van der Waals surface area (Å²) < 4.78 is 0.678. The van der Waals surface area contributed by atoms with Gasteiger partial charge in [0.05, 0.1) is 4.91 Å². The Hall–Kier alpha value is -1.33. The molecule has 1 aliphatic heterocycles. The van der Waals surface area contributed by atoms with Crippen LogP contribution in [0.3, 0.4) is 0 Å². The van der Waals surface area contributed by atoms with Crippen molar-refractivity contribution in [2.75, 3.05) is 0 Å². The second kappa shape index (κ2) is 6.20. The molecule has 0 bridgehead atoms. The normalized spacial score (nSPS) is 22.3. The number of phenols is 1. The summed E-state index contributed by atoms with van der Waals surface area (Å²) in [5, 5.41) is 9.30. The molecule has 5 heteroatoms. The molecule has 21 heavy (non-hydrogen) atoms. The topological polar surface area (TPSA) is 40.5 Å². The van der Waals surface area contributed by atoms with Crippen molar-refractivity contribution in [2.45, 2.75) is 38.1 Å². The molecule has 110 valence electrons. The smallest absolute Gasteiger partial charge is 0.266 e. The molecule has 1 aliphatic carbocycles. The molecule has 0 unspecified atom stereocenters. The van der Waals surface area contributed by atoms with E-state index in [1.54, 1.807) is 24.3 Å². The Morgan fingerprint density at radius 1 is 1.19 bits per heavy atom. The molecule has 3 nitrogen and oxygen atoms in total.